The molecule has 0 spiro atoms. The van der Waals surface area contributed by atoms with Crippen molar-refractivity contribution in [2.24, 2.45) is 5.10 Å². The minimum Gasteiger partial charge on any atom is -0.486 e. The molecule has 1 fully saturated rings. The SMILES string of the molecule is C[C@]1(c2ccc(OC(F)F)cc2)NC(=O)N(N=Cc2ccc3c(c2)OCCO3)C1=O. The third-order valence-corrected chi connectivity index (χ3v) is 4.71. The molecule has 156 valence electrons. The molecule has 2 aromatic carbocycles. The van der Waals surface area contributed by atoms with Gasteiger partial charge >= 0.3 is 12.6 Å². The van der Waals surface area contributed by atoms with Gasteiger partial charge in [0, 0.05) is 0 Å². The first kappa shape index (κ1) is 19.6. The van der Waals surface area contributed by atoms with Gasteiger partial charge in [-0.2, -0.15) is 13.9 Å². The molecule has 8 nitrogen and oxygen atoms in total. The van der Waals surface area contributed by atoms with E-state index in [0.717, 1.165) is 5.01 Å². The van der Waals surface area contributed by atoms with E-state index in [1.807, 2.05) is 0 Å². The van der Waals surface area contributed by atoms with E-state index in [2.05, 4.69) is 15.2 Å². The Kier molecular flexibility index (Phi) is 4.98. The van der Waals surface area contributed by atoms with Gasteiger partial charge < -0.3 is 19.5 Å². The monoisotopic (exact) mass is 417 g/mol. The molecule has 0 saturated carbocycles. The van der Waals surface area contributed by atoms with E-state index in [9.17, 15) is 18.4 Å². The van der Waals surface area contributed by atoms with Crippen molar-refractivity contribution in [3.63, 3.8) is 0 Å². The van der Waals surface area contributed by atoms with Crippen LogP contribution in [0.1, 0.15) is 18.1 Å². The van der Waals surface area contributed by atoms with E-state index >= 15 is 0 Å². The van der Waals surface area contributed by atoms with Crippen LogP contribution in [0.3, 0.4) is 0 Å². The van der Waals surface area contributed by atoms with E-state index in [1.54, 1.807) is 18.2 Å². The van der Waals surface area contributed by atoms with Gasteiger partial charge in [-0.1, -0.05) is 12.1 Å². The summed E-state index contributed by atoms with van der Waals surface area (Å²) in [5.74, 6) is 0.505. The Bertz CT molecular complexity index is 1010. The molecule has 1 saturated heterocycles. The van der Waals surface area contributed by atoms with Gasteiger partial charge in [0.25, 0.3) is 5.91 Å². The molecule has 2 aliphatic heterocycles. The average molecular weight is 417 g/mol. The molecule has 0 aromatic heterocycles. The minimum absolute atomic E-state index is 0.0531. The van der Waals surface area contributed by atoms with Crippen molar-refractivity contribution in [2.45, 2.75) is 19.1 Å². The summed E-state index contributed by atoms with van der Waals surface area (Å²) in [7, 11) is 0. The summed E-state index contributed by atoms with van der Waals surface area (Å²) < 4.78 is 39.9. The number of hydrogen-bond donors (Lipinski definition) is 1. The number of halogens is 2. The molecule has 1 atom stereocenters. The smallest absolute Gasteiger partial charge is 0.387 e. The molecular weight excluding hydrogens is 400 g/mol. The number of benzene rings is 2. The lowest BCUT2D eigenvalue weighted by molar-refractivity contribution is -0.131. The highest BCUT2D eigenvalue weighted by Gasteiger charge is 2.49. The number of carbonyl (C=O) groups is 2. The summed E-state index contributed by atoms with van der Waals surface area (Å²) >= 11 is 0. The highest BCUT2D eigenvalue weighted by Crippen LogP contribution is 2.32. The van der Waals surface area contributed by atoms with Crippen LogP contribution in [0, 0.1) is 0 Å². The van der Waals surface area contributed by atoms with Gasteiger partial charge in [0.15, 0.2) is 11.5 Å². The highest BCUT2D eigenvalue weighted by molar-refractivity contribution is 6.07. The third kappa shape index (κ3) is 3.63. The molecule has 1 N–H and O–H groups in total. The van der Waals surface area contributed by atoms with E-state index in [-0.39, 0.29) is 5.75 Å². The third-order valence-electron chi connectivity index (χ3n) is 4.71. The van der Waals surface area contributed by atoms with Gasteiger partial charge in [-0.15, -0.1) is 5.01 Å². The lowest BCUT2D eigenvalue weighted by atomic mass is 9.92. The molecule has 0 aliphatic carbocycles. The Labute approximate surface area is 170 Å². The number of amides is 3. The van der Waals surface area contributed by atoms with E-state index in [0.29, 0.717) is 35.8 Å². The second-order valence-corrected chi connectivity index (χ2v) is 6.72. The van der Waals surface area contributed by atoms with Crippen LogP contribution in [0.2, 0.25) is 0 Å². The first-order valence-corrected chi connectivity index (χ1v) is 9.02. The fourth-order valence-electron chi connectivity index (χ4n) is 3.16. The lowest BCUT2D eigenvalue weighted by Gasteiger charge is -2.21. The van der Waals surface area contributed by atoms with Crippen molar-refractivity contribution >= 4 is 18.2 Å². The maximum Gasteiger partial charge on any atom is 0.387 e. The summed E-state index contributed by atoms with van der Waals surface area (Å²) in [6.45, 7) is -0.545. The number of fused-ring (bicyclic) bond motifs is 1. The first-order valence-electron chi connectivity index (χ1n) is 9.02. The van der Waals surface area contributed by atoms with Crippen LogP contribution >= 0.6 is 0 Å². The summed E-state index contributed by atoms with van der Waals surface area (Å²) in [4.78, 5) is 25.2. The maximum absolute atomic E-state index is 12.9. The first-order chi connectivity index (χ1) is 14.4. The number of hydrazone groups is 1. The number of nitrogens with one attached hydrogen (secondary N) is 1. The van der Waals surface area contributed by atoms with Gasteiger partial charge in [-0.3, -0.25) is 4.79 Å². The number of urea groups is 1. The van der Waals surface area contributed by atoms with Crippen LogP contribution in [0.5, 0.6) is 17.2 Å². The Balaban J connectivity index is 1.53. The molecule has 10 heteroatoms. The fraction of sp³-hybridized carbons (Fsp3) is 0.250. The normalized spacial score (nSPS) is 20.7. The zero-order valence-corrected chi connectivity index (χ0v) is 15.8. The van der Waals surface area contributed by atoms with Crippen LogP contribution in [-0.4, -0.2) is 43.0 Å². The van der Waals surface area contributed by atoms with Crippen LogP contribution in [0.25, 0.3) is 0 Å². The Morgan fingerprint density at radius 1 is 1.13 bits per heavy atom. The second kappa shape index (κ2) is 7.62. The number of nitrogens with zero attached hydrogens (tertiary/aromatic N) is 2. The summed E-state index contributed by atoms with van der Waals surface area (Å²) in [5, 5.41) is 7.31. The zero-order valence-electron chi connectivity index (χ0n) is 15.8. The van der Waals surface area contributed by atoms with Crippen molar-refractivity contribution < 1.29 is 32.6 Å². The second-order valence-electron chi connectivity index (χ2n) is 6.72. The highest BCUT2D eigenvalue weighted by atomic mass is 19.3. The van der Waals surface area contributed by atoms with Crippen LogP contribution in [0.4, 0.5) is 13.6 Å². The molecule has 2 aliphatic rings. The van der Waals surface area contributed by atoms with Gasteiger partial charge in [0.05, 0.1) is 6.21 Å². The number of ether oxygens (including phenoxy) is 3. The largest absolute Gasteiger partial charge is 0.486 e. The Morgan fingerprint density at radius 2 is 1.83 bits per heavy atom. The molecule has 0 radical (unpaired) electrons. The van der Waals surface area contributed by atoms with Crippen LogP contribution in [0.15, 0.2) is 47.6 Å². The zero-order chi connectivity index (χ0) is 21.3. The van der Waals surface area contributed by atoms with Crippen molar-refractivity contribution in [3.05, 3.63) is 53.6 Å². The molecule has 4 rings (SSSR count). The molecular formula is C20H17F2N3O5. The average Bonchev–Trinajstić information content (AvgIpc) is 2.95. The van der Waals surface area contributed by atoms with Crippen molar-refractivity contribution in [1.29, 1.82) is 0 Å². The van der Waals surface area contributed by atoms with E-state index in [4.69, 9.17) is 9.47 Å². The predicted octanol–water partition coefficient (Wildman–Crippen LogP) is 2.86. The lowest BCUT2D eigenvalue weighted by Crippen LogP contribution is -2.40. The van der Waals surface area contributed by atoms with Crippen LogP contribution < -0.4 is 19.5 Å². The van der Waals surface area contributed by atoms with E-state index in [1.165, 1.54) is 37.4 Å². The minimum atomic E-state index is -2.95. The quantitative estimate of drug-likeness (QED) is 0.597. The number of carbonyl (C=O) groups excluding carboxylic acids is 2. The topological polar surface area (TPSA) is 89.5 Å². The van der Waals surface area contributed by atoms with Crippen molar-refractivity contribution in [1.82, 2.24) is 10.3 Å². The molecule has 2 heterocycles. The van der Waals surface area contributed by atoms with Gasteiger partial charge in [-0.05, 0) is 48.4 Å². The van der Waals surface area contributed by atoms with Crippen molar-refractivity contribution in [3.8, 4) is 17.2 Å². The van der Waals surface area contributed by atoms with Crippen LogP contribution in [-0.2, 0) is 10.3 Å². The fourth-order valence-corrected chi connectivity index (χ4v) is 3.16. The van der Waals surface area contributed by atoms with Gasteiger partial charge in [0.2, 0.25) is 0 Å². The molecule has 0 bridgehead atoms. The molecule has 3 amide bonds. The van der Waals surface area contributed by atoms with E-state index < -0.39 is 24.1 Å². The van der Waals surface area contributed by atoms with Crippen molar-refractivity contribution in [2.75, 3.05) is 13.2 Å². The summed E-state index contributed by atoms with van der Waals surface area (Å²) in [6, 6.07) is 9.89. The summed E-state index contributed by atoms with van der Waals surface area (Å²) in [5.41, 5.74) is -0.383. The molecule has 30 heavy (non-hydrogen) atoms. The van der Waals surface area contributed by atoms with Gasteiger partial charge in [0.1, 0.15) is 24.5 Å². The Hall–Kier alpha value is -3.69. The predicted molar refractivity (Wildman–Crippen MR) is 101 cm³/mol. The standard InChI is InChI=1S/C20H17F2N3O5/c1-20(13-3-5-14(6-4-13)30-18(21)22)17(26)25(19(27)24-20)23-11-12-2-7-15-16(10-12)29-9-8-28-15/h2-7,10-11,18H,8-9H2,1H3,(H,24,27)/t20-/m1/s1. The van der Waals surface area contributed by atoms with Gasteiger partial charge in [-0.25, -0.2) is 4.79 Å². The Morgan fingerprint density at radius 3 is 2.53 bits per heavy atom. The number of rotatable bonds is 5. The molecule has 2 aromatic rings. The number of imide groups is 1. The summed E-state index contributed by atoms with van der Waals surface area (Å²) in [6.07, 6.45) is 1.36. The number of hydrogen-bond acceptors (Lipinski definition) is 6. The number of alkyl halides is 2. The molecule has 0 unspecified atom stereocenters. The maximum atomic E-state index is 12.9.